The van der Waals surface area contributed by atoms with Gasteiger partial charge in [-0.1, -0.05) is 0 Å². The number of hydrogen-bond acceptors (Lipinski definition) is 2. The summed E-state index contributed by atoms with van der Waals surface area (Å²) in [6.45, 7) is 0. The number of aromatic amines is 1. The number of hydrogen-bond donors (Lipinski definition) is 2. The first-order valence-electron chi connectivity index (χ1n) is 4.34. The summed E-state index contributed by atoms with van der Waals surface area (Å²) < 4.78 is 13.2. The molecule has 14 heavy (non-hydrogen) atoms. The third-order valence-electron chi connectivity index (χ3n) is 2.35. The maximum absolute atomic E-state index is 13.2. The summed E-state index contributed by atoms with van der Waals surface area (Å²) in [5.41, 5.74) is 1.66. The molecule has 0 aromatic carbocycles. The van der Waals surface area contributed by atoms with Gasteiger partial charge in [0.15, 0.2) is 0 Å². The van der Waals surface area contributed by atoms with Gasteiger partial charge in [-0.2, -0.15) is 9.49 Å². The van der Waals surface area contributed by atoms with Crippen LogP contribution >= 0.6 is 0 Å². The maximum atomic E-state index is 13.2. The van der Waals surface area contributed by atoms with Crippen LogP contribution in [0.25, 0.3) is 5.57 Å². The van der Waals surface area contributed by atoms with Gasteiger partial charge in [0.1, 0.15) is 0 Å². The molecule has 0 fully saturated rings. The number of aryl methyl sites for hydroxylation is 1. The third-order valence-corrected chi connectivity index (χ3v) is 2.35. The van der Waals surface area contributed by atoms with E-state index in [4.69, 9.17) is 5.11 Å². The Bertz CT molecular complexity index is 409. The topological polar surface area (TPSA) is 66.0 Å². The lowest BCUT2D eigenvalue weighted by atomic mass is 9.92. The number of carboxylic acids is 1. The molecule has 1 aliphatic rings. The highest BCUT2D eigenvalue weighted by atomic mass is 19.1. The SMILES string of the molecule is O=C(O)/C(F)=C1\CCCc2cn[nH]c21. The van der Waals surface area contributed by atoms with E-state index in [1.165, 1.54) is 0 Å². The minimum Gasteiger partial charge on any atom is -0.476 e. The molecule has 0 bridgehead atoms. The molecule has 0 unspecified atom stereocenters. The number of carboxylic acid groups (broad SMARTS) is 1. The smallest absolute Gasteiger partial charge is 0.365 e. The van der Waals surface area contributed by atoms with E-state index in [2.05, 4.69) is 10.2 Å². The fraction of sp³-hybridized carbons (Fsp3) is 0.333. The van der Waals surface area contributed by atoms with Crippen LogP contribution in [0.3, 0.4) is 0 Å². The Morgan fingerprint density at radius 1 is 1.57 bits per heavy atom. The van der Waals surface area contributed by atoms with Crippen LogP contribution in [0.4, 0.5) is 4.39 Å². The number of carbonyl (C=O) groups is 1. The van der Waals surface area contributed by atoms with Crippen LogP contribution in [0.5, 0.6) is 0 Å². The maximum Gasteiger partial charge on any atom is 0.365 e. The Labute approximate surface area is 79.4 Å². The average molecular weight is 196 g/mol. The summed E-state index contributed by atoms with van der Waals surface area (Å²) in [5.74, 6) is -2.59. The second-order valence-corrected chi connectivity index (χ2v) is 3.22. The zero-order valence-corrected chi connectivity index (χ0v) is 7.38. The first kappa shape index (κ1) is 8.93. The van der Waals surface area contributed by atoms with Gasteiger partial charge < -0.3 is 5.11 Å². The van der Waals surface area contributed by atoms with Gasteiger partial charge in [0.25, 0.3) is 0 Å². The first-order chi connectivity index (χ1) is 6.70. The van der Waals surface area contributed by atoms with E-state index in [0.29, 0.717) is 12.1 Å². The van der Waals surface area contributed by atoms with Crippen LogP contribution in [0.15, 0.2) is 12.0 Å². The molecule has 1 aliphatic carbocycles. The quantitative estimate of drug-likeness (QED) is 0.669. The van der Waals surface area contributed by atoms with Crippen molar-refractivity contribution >= 4 is 11.5 Å². The Morgan fingerprint density at radius 2 is 2.36 bits per heavy atom. The molecule has 0 aliphatic heterocycles. The predicted octanol–water partition coefficient (Wildman–Crippen LogP) is 1.51. The molecule has 5 heteroatoms. The number of halogens is 1. The van der Waals surface area contributed by atoms with Crippen molar-refractivity contribution in [2.45, 2.75) is 19.3 Å². The number of rotatable bonds is 1. The molecule has 1 aromatic heterocycles. The summed E-state index contributed by atoms with van der Waals surface area (Å²) in [6.07, 6.45) is 3.65. The molecule has 2 rings (SSSR count). The zero-order valence-electron chi connectivity index (χ0n) is 7.38. The Morgan fingerprint density at radius 3 is 3.07 bits per heavy atom. The number of H-pyrrole nitrogens is 1. The van der Waals surface area contributed by atoms with Crippen molar-refractivity contribution in [3.8, 4) is 0 Å². The van der Waals surface area contributed by atoms with Crippen molar-refractivity contribution in [3.63, 3.8) is 0 Å². The van der Waals surface area contributed by atoms with Crippen molar-refractivity contribution in [2.75, 3.05) is 0 Å². The van der Waals surface area contributed by atoms with Crippen molar-refractivity contribution in [2.24, 2.45) is 0 Å². The van der Waals surface area contributed by atoms with Gasteiger partial charge in [-0.25, -0.2) is 4.79 Å². The van der Waals surface area contributed by atoms with Crippen LogP contribution in [-0.2, 0) is 11.2 Å². The Hall–Kier alpha value is -1.65. The molecule has 0 radical (unpaired) electrons. The molecule has 1 aromatic rings. The van der Waals surface area contributed by atoms with Crippen molar-refractivity contribution in [1.82, 2.24) is 10.2 Å². The third kappa shape index (κ3) is 1.30. The number of nitrogens with one attached hydrogen (secondary N) is 1. The van der Waals surface area contributed by atoms with Gasteiger partial charge in [-0.15, -0.1) is 0 Å². The zero-order chi connectivity index (χ0) is 10.1. The Kier molecular flexibility index (Phi) is 2.07. The highest BCUT2D eigenvalue weighted by molar-refractivity contribution is 5.94. The summed E-state index contributed by atoms with van der Waals surface area (Å²) in [6, 6.07) is 0. The fourth-order valence-corrected chi connectivity index (χ4v) is 1.69. The molecule has 0 saturated carbocycles. The van der Waals surface area contributed by atoms with Gasteiger partial charge in [0.05, 0.1) is 11.9 Å². The van der Waals surface area contributed by atoms with Gasteiger partial charge in [0.2, 0.25) is 5.83 Å². The fourth-order valence-electron chi connectivity index (χ4n) is 1.69. The van der Waals surface area contributed by atoms with E-state index in [1.807, 2.05) is 0 Å². The van der Waals surface area contributed by atoms with Crippen LogP contribution in [0.2, 0.25) is 0 Å². The number of allylic oxidation sites excluding steroid dienone is 1. The van der Waals surface area contributed by atoms with Gasteiger partial charge in [0, 0.05) is 5.57 Å². The lowest BCUT2D eigenvalue weighted by Gasteiger charge is -2.13. The largest absolute Gasteiger partial charge is 0.476 e. The molecule has 0 amide bonds. The molecule has 0 saturated heterocycles. The van der Waals surface area contributed by atoms with Crippen molar-refractivity contribution in [3.05, 3.63) is 23.3 Å². The van der Waals surface area contributed by atoms with Gasteiger partial charge in [-0.05, 0) is 24.8 Å². The van der Waals surface area contributed by atoms with Crippen molar-refractivity contribution in [1.29, 1.82) is 0 Å². The molecule has 4 nitrogen and oxygen atoms in total. The summed E-state index contributed by atoms with van der Waals surface area (Å²) in [7, 11) is 0. The summed E-state index contributed by atoms with van der Waals surface area (Å²) >= 11 is 0. The van der Waals surface area contributed by atoms with Crippen LogP contribution < -0.4 is 0 Å². The number of nitrogens with zero attached hydrogens (tertiary/aromatic N) is 1. The van der Waals surface area contributed by atoms with E-state index >= 15 is 0 Å². The highest BCUT2D eigenvalue weighted by Crippen LogP contribution is 2.31. The number of fused-ring (bicyclic) bond motifs is 1. The van der Waals surface area contributed by atoms with Crippen LogP contribution in [0.1, 0.15) is 24.1 Å². The second kappa shape index (κ2) is 3.25. The lowest BCUT2D eigenvalue weighted by molar-refractivity contribution is -0.134. The van der Waals surface area contributed by atoms with Gasteiger partial charge >= 0.3 is 5.97 Å². The minimum atomic E-state index is -1.51. The second-order valence-electron chi connectivity index (χ2n) is 3.22. The summed E-state index contributed by atoms with van der Waals surface area (Å²) in [4.78, 5) is 10.5. The van der Waals surface area contributed by atoms with E-state index in [0.717, 1.165) is 18.4 Å². The lowest BCUT2D eigenvalue weighted by Crippen LogP contribution is -2.06. The monoisotopic (exact) mass is 196 g/mol. The van der Waals surface area contributed by atoms with E-state index in [1.54, 1.807) is 6.20 Å². The molecule has 2 N–H and O–H groups in total. The Balaban J connectivity index is 2.51. The normalized spacial score (nSPS) is 18.9. The standard InChI is InChI=1S/C9H9FN2O2/c10-7(9(13)14)6-3-1-2-5-4-11-12-8(5)6/h4H,1-3H2,(H,11,12)(H,13,14)/b7-6-. The van der Waals surface area contributed by atoms with Crippen molar-refractivity contribution < 1.29 is 14.3 Å². The number of aliphatic carboxylic acids is 1. The molecule has 0 spiro atoms. The minimum absolute atomic E-state index is 0.233. The molecule has 74 valence electrons. The molecule has 0 atom stereocenters. The molecule has 1 heterocycles. The predicted molar refractivity (Wildman–Crippen MR) is 47.2 cm³/mol. The van der Waals surface area contributed by atoms with E-state index in [9.17, 15) is 9.18 Å². The molecular weight excluding hydrogens is 187 g/mol. The average Bonchev–Trinajstić information content (AvgIpc) is 2.63. The van der Waals surface area contributed by atoms with E-state index < -0.39 is 11.8 Å². The summed E-state index contributed by atoms with van der Waals surface area (Å²) in [5, 5.41) is 14.9. The van der Waals surface area contributed by atoms with Gasteiger partial charge in [-0.3, -0.25) is 5.10 Å². The number of aromatic nitrogens is 2. The van der Waals surface area contributed by atoms with Crippen LogP contribution in [0, 0.1) is 0 Å². The molecular formula is C9H9FN2O2. The highest BCUT2D eigenvalue weighted by Gasteiger charge is 2.22. The van der Waals surface area contributed by atoms with E-state index in [-0.39, 0.29) is 5.57 Å². The first-order valence-corrected chi connectivity index (χ1v) is 4.34. The van der Waals surface area contributed by atoms with Crippen LogP contribution in [-0.4, -0.2) is 21.3 Å².